The second kappa shape index (κ2) is 8.07. The van der Waals surface area contributed by atoms with Crippen molar-refractivity contribution in [2.45, 2.75) is 38.8 Å². The molecule has 5 rings (SSSR count). The molecule has 0 saturated carbocycles. The summed E-state index contributed by atoms with van der Waals surface area (Å²) in [5.74, 6) is 0.735. The van der Waals surface area contributed by atoms with E-state index in [9.17, 15) is 4.79 Å². The van der Waals surface area contributed by atoms with Crippen LogP contribution in [-0.2, 0) is 33.0 Å². The topological polar surface area (TPSA) is 38.1 Å². The van der Waals surface area contributed by atoms with Crippen molar-refractivity contribution in [3.63, 3.8) is 0 Å². The molecule has 0 unspecified atom stereocenters. The Kier molecular flexibility index (Phi) is 5.13. The number of thiophene rings is 1. The monoisotopic (exact) mass is 415 g/mol. The quantitative estimate of drug-likeness (QED) is 0.456. The molecule has 4 aromatic rings. The van der Waals surface area contributed by atoms with E-state index in [0.717, 1.165) is 35.4 Å². The normalized spacial score (nSPS) is 13.4. The van der Waals surface area contributed by atoms with Gasteiger partial charge in [-0.15, -0.1) is 11.3 Å². The Morgan fingerprint density at radius 3 is 2.17 bits per heavy atom. The van der Waals surface area contributed by atoms with Gasteiger partial charge in [-0.25, -0.2) is 4.98 Å². The van der Waals surface area contributed by atoms with Gasteiger partial charge in [0.15, 0.2) is 0 Å². The molecule has 0 fully saturated rings. The SMILES string of the molecule is Cn1c(N(Cc2ccccc2)Cc2ccccc2)nc2sc3c(c2c1=O)CCCC3. The molecule has 2 aromatic carbocycles. The van der Waals surface area contributed by atoms with Gasteiger partial charge in [0.2, 0.25) is 5.95 Å². The first-order chi connectivity index (χ1) is 14.7. The molecule has 152 valence electrons. The average Bonchev–Trinajstić information content (AvgIpc) is 3.16. The van der Waals surface area contributed by atoms with Gasteiger partial charge in [0, 0.05) is 25.0 Å². The van der Waals surface area contributed by atoms with Gasteiger partial charge in [0.1, 0.15) is 4.83 Å². The molecule has 0 bridgehead atoms. The van der Waals surface area contributed by atoms with Gasteiger partial charge in [-0.3, -0.25) is 9.36 Å². The lowest BCUT2D eigenvalue weighted by molar-refractivity contribution is 0.695. The van der Waals surface area contributed by atoms with Crippen molar-refractivity contribution in [3.05, 3.63) is 92.6 Å². The summed E-state index contributed by atoms with van der Waals surface area (Å²) in [6.07, 6.45) is 4.45. The van der Waals surface area contributed by atoms with E-state index >= 15 is 0 Å². The number of nitrogens with zero attached hydrogens (tertiary/aromatic N) is 3. The second-order valence-corrected chi connectivity index (χ2v) is 9.08. The molecule has 1 aliphatic carbocycles. The summed E-state index contributed by atoms with van der Waals surface area (Å²) in [5.41, 5.74) is 3.74. The molecule has 0 saturated heterocycles. The zero-order valence-electron chi connectivity index (χ0n) is 17.2. The predicted octanol–water partition coefficient (Wildman–Crippen LogP) is 5.08. The van der Waals surface area contributed by atoms with E-state index in [-0.39, 0.29) is 5.56 Å². The number of aryl methyl sites for hydroxylation is 2. The van der Waals surface area contributed by atoms with E-state index < -0.39 is 0 Å². The number of hydrogen-bond acceptors (Lipinski definition) is 4. The summed E-state index contributed by atoms with van der Waals surface area (Å²) in [5, 5.41) is 0.848. The minimum Gasteiger partial charge on any atom is -0.333 e. The molecule has 0 amide bonds. The van der Waals surface area contributed by atoms with Gasteiger partial charge < -0.3 is 4.90 Å². The zero-order valence-corrected chi connectivity index (χ0v) is 18.0. The number of anilines is 1. The highest BCUT2D eigenvalue weighted by molar-refractivity contribution is 7.18. The first kappa shape index (κ1) is 19.1. The van der Waals surface area contributed by atoms with Crippen molar-refractivity contribution < 1.29 is 0 Å². The number of rotatable bonds is 5. The minimum absolute atomic E-state index is 0.0838. The van der Waals surface area contributed by atoms with Crippen LogP contribution < -0.4 is 10.5 Å². The maximum absolute atomic E-state index is 13.4. The lowest BCUT2D eigenvalue weighted by atomic mass is 9.97. The molecule has 30 heavy (non-hydrogen) atoms. The van der Waals surface area contributed by atoms with E-state index in [1.54, 1.807) is 15.9 Å². The van der Waals surface area contributed by atoms with Crippen LogP contribution in [0.2, 0.25) is 0 Å². The fourth-order valence-corrected chi connectivity index (χ4v) is 5.61. The van der Waals surface area contributed by atoms with E-state index in [1.807, 2.05) is 19.2 Å². The molecule has 2 aromatic heterocycles. The molecule has 0 radical (unpaired) electrons. The van der Waals surface area contributed by atoms with Crippen molar-refractivity contribution in [2.75, 3.05) is 4.90 Å². The van der Waals surface area contributed by atoms with Crippen LogP contribution >= 0.6 is 11.3 Å². The summed E-state index contributed by atoms with van der Waals surface area (Å²) in [4.78, 5) is 22.9. The molecule has 1 aliphatic rings. The van der Waals surface area contributed by atoms with Crippen LogP contribution in [0.1, 0.15) is 34.4 Å². The summed E-state index contributed by atoms with van der Waals surface area (Å²) in [7, 11) is 1.86. The number of fused-ring (bicyclic) bond motifs is 3. The smallest absolute Gasteiger partial charge is 0.263 e. The van der Waals surface area contributed by atoms with Crippen LogP contribution in [0.15, 0.2) is 65.5 Å². The standard InChI is InChI=1S/C25H25N3OS/c1-27-24(29)22-20-14-8-9-15-21(20)30-23(22)26-25(27)28(16-18-10-4-2-5-11-18)17-19-12-6-3-7-13-19/h2-7,10-13H,8-9,14-17H2,1H3. The van der Waals surface area contributed by atoms with Crippen molar-refractivity contribution in [2.24, 2.45) is 7.05 Å². The Labute approximate surface area is 180 Å². The first-order valence-corrected chi connectivity index (χ1v) is 11.4. The third-order valence-electron chi connectivity index (χ3n) is 5.89. The highest BCUT2D eigenvalue weighted by atomic mass is 32.1. The average molecular weight is 416 g/mol. The predicted molar refractivity (Wildman–Crippen MR) is 124 cm³/mol. The van der Waals surface area contributed by atoms with Crippen LogP contribution in [0.4, 0.5) is 5.95 Å². The van der Waals surface area contributed by atoms with Gasteiger partial charge in [0.25, 0.3) is 5.56 Å². The Balaban J connectivity index is 1.62. The van der Waals surface area contributed by atoms with Crippen LogP contribution in [0.3, 0.4) is 0 Å². The minimum atomic E-state index is 0.0838. The van der Waals surface area contributed by atoms with E-state index in [4.69, 9.17) is 4.98 Å². The molecule has 2 heterocycles. The maximum Gasteiger partial charge on any atom is 0.263 e. The third kappa shape index (κ3) is 3.54. The first-order valence-electron chi connectivity index (χ1n) is 10.5. The van der Waals surface area contributed by atoms with Gasteiger partial charge in [0.05, 0.1) is 5.39 Å². The Morgan fingerprint density at radius 2 is 1.53 bits per heavy atom. The van der Waals surface area contributed by atoms with E-state index in [0.29, 0.717) is 13.1 Å². The molecule has 0 N–H and O–H groups in total. The van der Waals surface area contributed by atoms with Crippen LogP contribution in [0.5, 0.6) is 0 Å². The number of aromatic nitrogens is 2. The highest BCUT2D eigenvalue weighted by Gasteiger charge is 2.23. The highest BCUT2D eigenvalue weighted by Crippen LogP contribution is 2.34. The Bertz CT molecular complexity index is 1190. The van der Waals surface area contributed by atoms with E-state index in [2.05, 4.69) is 53.4 Å². The molecular formula is C25H25N3OS. The molecule has 4 nitrogen and oxygen atoms in total. The van der Waals surface area contributed by atoms with Crippen LogP contribution in [-0.4, -0.2) is 9.55 Å². The fraction of sp³-hybridized carbons (Fsp3) is 0.280. The largest absolute Gasteiger partial charge is 0.333 e. The van der Waals surface area contributed by atoms with Crippen molar-refractivity contribution in [1.29, 1.82) is 0 Å². The van der Waals surface area contributed by atoms with Crippen LogP contribution in [0.25, 0.3) is 10.2 Å². The summed E-state index contributed by atoms with van der Waals surface area (Å²) >= 11 is 1.72. The molecule has 5 heteroatoms. The van der Waals surface area contributed by atoms with Crippen molar-refractivity contribution >= 4 is 27.5 Å². The summed E-state index contributed by atoms with van der Waals surface area (Å²) in [6, 6.07) is 20.8. The van der Waals surface area contributed by atoms with Gasteiger partial charge in [-0.05, 0) is 42.4 Å². The lowest BCUT2D eigenvalue weighted by Gasteiger charge is -2.26. The van der Waals surface area contributed by atoms with Crippen LogP contribution in [0, 0.1) is 0 Å². The zero-order chi connectivity index (χ0) is 20.5. The Morgan fingerprint density at radius 1 is 0.933 bits per heavy atom. The number of hydrogen-bond donors (Lipinski definition) is 0. The second-order valence-electron chi connectivity index (χ2n) is 7.99. The van der Waals surface area contributed by atoms with Crippen molar-refractivity contribution in [1.82, 2.24) is 9.55 Å². The van der Waals surface area contributed by atoms with Gasteiger partial charge in [-0.2, -0.15) is 0 Å². The Hall–Kier alpha value is -2.92. The molecular weight excluding hydrogens is 390 g/mol. The third-order valence-corrected chi connectivity index (χ3v) is 7.07. The van der Waals surface area contributed by atoms with Gasteiger partial charge >= 0.3 is 0 Å². The summed E-state index contributed by atoms with van der Waals surface area (Å²) in [6.45, 7) is 1.40. The van der Waals surface area contributed by atoms with Crippen molar-refractivity contribution in [3.8, 4) is 0 Å². The lowest BCUT2D eigenvalue weighted by Crippen LogP contribution is -2.31. The molecule has 0 aliphatic heterocycles. The van der Waals surface area contributed by atoms with E-state index in [1.165, 1.54) is 28.0 Å². The summed E-state index contributed by atoms with van der Waals surface area (Å²) < 4.78 is 1.75. The fourth-order valence-electron chi connectivity index (χ4n) is 4.36. The molecule has 0 spiro atoms. The maximum atomic E-state index is 13.4. The van der Waals surface area contributed by atoms with Gasteiger partial charge in [-0.1, -0.05) is 60.7 Å². The number of benzene rings is 2. The molecule has 0 atom stereocenters.